The number of hydrogen-bond donors (Lipinski definition) is 1. The minimum Gasteiger partial charge on any atom is -0.494 e. The van der Waals surface area contributed by atoms with Crippen LogP contribution in [-0.2, 0) is 0 Å². The Morgan fingerprint density at radius 3 is 2.72 bits per heavy atom. The van der Waals surface area contributed by atoms with Crippen molar-refractivity contribution < 1.29 is 13.9 Å². The average Bonchev–Trinajstić information content (AvgIpc) is 2.33. The highest BCUT2D eigenvalue weighted by Crippen LogP contribution is 2.33. The second-order valence-electron chi connectivity index (χ2n) is 4.57. The largest absolute Gasteiger partial charge is 0.494 e. The van der Waals surface area contributed by atoms with Gasteiger partial charge in [-0.05, 0) is 37.5 Å². The highest BCUT2D eigenvalue weighted by atomic mass is 79.9. The van der Waals surface area contributed by atoms with Crippen LogP contribution in [0.3, 0.4) is 0 Å². The predicted octanol–water partition coefficient (Wildman–Crippen LogP) is 2.88. The van der Waals surface area contributed by atoms with Crippen LogP contribution < -0.4 is 10.1 Å². The fourth-order valence-corrected chi connectivity index (χ4v) is 2.72. The zero-order chi connectivity index (χ0) is 13.2. The third-order valence-corrected chi connectivity index (χ3v) is 4.43. The maximum Gasteiger partial charge on any atom is 0.251 e. The molecule has 0 unspecified atom stereocenters. The maximum atomic E-state index is 13.5. The Kier molecular flexibility index (Phi) is 3.90. The van der Waals surface area contributed by atoms with E-state index in [1.807, 2.05) is 0 Å². The van der Waals surface area contributed by atoms with Gasteiger partial charge in [-0.15, -0.1) is 0 Å². The predicted molar refractivity (Wildman–Crippen MR) is 70.8 cm³/mol. The molecular weight excluding hydrogens is 301 g/mol. The van der Waals surface area contributed by atoms with Gasteiger partial charge in [0, 0.05) is 10.9 Å². The number of methoxy groups -OCH3 is 1. The fourth-order valence-electron chi connectivity index (χ4n) is 2.02. The molecular formula is C13H15BrFNO2. The van der Waals surface area contributed by atoms with E-state index in [-0.39, 0.29) is 17.2 Å². The molecule has 0 aromatic heterocycles. The lowest BCUT2D eigenvalue weighted by molar-refractivity contribution is 0.0856. The van der Waals surface area contributed by atoms with Crippen LogP contribution in [-0.4, -0.2) is 23.9 Å². The monoisotopic (exact) mass is 315 g/mol. The van der Waals surface area contributed by atoms with Crippen LogP contribution in [0.15, 0.2) is 18.2 Å². The molecule has 1 aliphatic carbocycles. The molecule has 1 saturated carbocycles. The molecule has 98 valence electrons. The Morgan fingerprint density at radius 1 is 1.56 bits per heavy atom. The van der Waals surface area contributed by atoms with E-state index >= 15 is 0 Å². The van der Waals surface area contributed by atoms with E-state index in [4.69, 9.17) is 4.74 Å². The molecule has 0 aliphatic heterocycles. The molecule has 0 saturated heterocycles. The van der Waals surface area contributed by atoms with Crippen molar-refractivity contribution in [3.63, 3.8) is 0 Å². The van der Waals surface area contributed by atoms with Gasteiger partial charge in [-0.1, -0.05) is 15.9 Å². The van der Waals surface area contributed by atoms with E-state index in [9.17, 15) is 9.18 Å². The van der Waals surface area contributed by atoms with Crippen LogP contribution in [0.1, 0.15) is 29.6 Å². The lowest BCUT2D eigenvalue weighted by Gasteiger charge is -2.41. The maximum absolute atomic E-state index is 13.5. The second kappa shape index (κ2) is 5.26. The van der Waals surface area contributed by atoms with Crippen LogP contribution in [0.5, 0.6) is 5.75 Å². The van der Waals surface area contributed by atoms with E-state index < -0.39 is 5.82 Å². The summed E-state index contributed by atoms with van der Waals surface area (Å²) < 4.78 is 18.3. The first-order valence-corrected chi connectivity index (χ1v) is 6.94. The highest BCUT2D eigenvalue weighted by molar-refractivity contribution is 9.09. The number of rotatable bonds is 4. The first-order chi connectivity index (χ1) is 8.60. The van der Waals surface area contributed by atoms with Gasteiger partial charge in [0.15, 0.2) is 11.6 Å². The zero-order valence-electron chi connectivity index (χ0n) is 10.1. The van der Waals surface area contributed by atoms with Crippen molar-refractivity contribution in [1.82, 2.24) is 5.32 Å². The Hall–Kier alpha value is -1.10. The first kappa shape index (κ1) is 13.3. The fraction of sp³-hybridized carbons (Fsp3) is 0.462. The molecule has 1 amide bonds. The lowest BCUT2D eigenvalue weighted by atomic mass is 9.78. The molecule has 0 atom stereocenters. The van der Waals surface area contributed by atoms with E-state index in [1.54, 1.807) is 6.07 Å². The zero-order valence-corrected chi connectivity index (χ0v) is 11.7. The Balaban J connectivity index is 2.11. The number of alkyl halides is 1. The average molecular weight is 316 g/mol. The number of amides is 1. The highest BCUT2D eigenvalue weighted by Gasteiger charge is 2.37. The number of carbonyl (C=O) groups is 1. The molecule has 18 heavy (non-hydrogen) atoms. The molecule has 1 aromatic rings. The van der Waals surface area contributed by atoms with Gasteiger partial charge in [0.25, 0.3) is 5.91 Å². The van der Waals surface area contributed by atoms with Crippen LogP contribution in [0.2, 0.25) is 0 Å². The van der Waals surface area contributed by atoms with Gasteiger partial charge in [-0.25, -0.2) is 4.39 Å². The number of halogens is 2. The Bertz CT molecular complexity index is 455. The molecule has 3 nitrogen and oxygen atoms in total. The van der Waals surface area contributed by atoms with Crippen molar-refractivity contribution in [3.8, 4) is 5.75 Å². The van der Waals surface area contributed by atoms with Gasteiger partial charge in [0.05, 0.1) is 12.6 Å². The summed E-state index contributed by atoms with van der Waals surface area (Å²) >= 11 is 3.41. The van der Waals surface area contributed by atoms with Crippen molar-refractivity contribution in [2.24, 2.45) is 0 Å². The quantitative estimate of drug-likeness (QED) is 0.868. The summed E-state index contributed by atoms with van der Waals surface area (Å²) in [6.07, 6.45) is 3.04. The minimum atomic E-state index is -0.522. The minimum absolute atomic E-state index is 0.144. The standard InChI is InChI=1S/C13H15BrFNO2/c1-18-11-4-3-9(7-10(11)15)12(17)16-13(8-14)5-2-6-13/h3-4,7H,2,5-6,8H2,1H3,(H,16,17). The molecule has 0 heterocycles. The molecule has 1 aliphatic rings. The van der Waals surface area contributed by atoms with Crippen LogP contribution in [0.4, 0.5) is 4.39 Å². The number of benzene rings is 1. The summed E-state index contributed by atoms with van der Waals surface area (Å²) in [5.41, 5.74) is 0.161. The van der Waals surface area contributed by atoms with E-state index in [2.05, 4.69) is 21.2 Å². The Morgan fingerprint density at radius 2 is 2.28 bits per heavy atom. The SMILES string of the molecule is COc1ccc(C(=O)NC2(CBr)CCC2)cc1F. The summed E-state index contributed by atoms with van der Waals surface area (Å²) in [4.78, 5) is 12.0. The summed E-state index contributed by atoms with van der Waals surface area (Å²) in [7, 11) is 1.40. The van der Waals surface area contributed by atoms with Crippen LogP contribution in [0, 0.1) is 5.82 Å². The Labute approximate surface area is 114 Å². The number of ether oxygens (including phenoxy) is 1. The molecule has 1 fully saturated rings. The number of nitrogens with one attached hydrogen (secondary N) is 1. The number of hydrogen-bond acceptors (Lipinski definition) is 2. The molecule has 0 radical (unpaired) electrons. The molecule has 1 aromatic carbocycles. The van der Waals surface area contributed by atoms with Crippen LogP contribution >= 0.6 is 15.9 Å². The normalized spacial score (nSPS) is 16.8. The molecule has 0 bridgehead atoms. The van der Waals surface area contributed by atoms with E-state index in [0.29, 0.717) is 5.56 Å². The topological polar surface area (TPSA) is 38.3 Å². The van der Waals surface area contributed by atoms with Gasteiger partial charge >= 0.3 is 0 Å². The first-order valence-electron chi connectivity index (χ1n) is 5.82. The summed E-state index contributed by atoms with van der Waals surface area (Å²) in [6.45, 7) is 0. The van der Waals surface area contributed by atoms with Crippen LogP contribution in [0.25, 0.3) is 0 Å². The van der Waals surface area contributed by atoms with E-state index in [1.165, 1.54) is 19.2 Å². The van der Waals surface area contributed by atoms with Gasteiger partial charge in [0.2, 0.25) is 0 Å². The summed E-state index contributed by atoms with van der Waals surface area (Å²) in [6, 6.07) is 4.23. The van der Waals surface area contributed by atoms with Crippen molar-refractivity contribution in [1.29, 1.82) is 0 Å². The molecule has 1 N–H and O–H groups in total. The van der Waals surface area contributed by atoms with Gasteiger partial charge < -0.3 is 10.1 Å². The number of carbonyl (C=O) groups excluding carboxylic acids is 1. The summed E-state index contributed by atoms with van der Waals surface area (Å²) in [5, 5.41) is 3.69. The van der Waals surface area contributed by atoms with E-state index in [0.717, 1.165) is 24.6 Å². The third kappa shape index (κ3) is 2.51. The van der Waals surface area contributed by atoms with Gasteiger partial charge in [-0.2, -0.15) is 0 Å². The molecule has 5 heteroatoms. The lowest BCUT2D eigenvalue weighted by Crippen LogP contribution is -2.54. The van der Waals surface area contributed by atoms with Crippen molar-refractivity contribution >= 4 is 21.8 Å². The van der Waals surface area contributed by atoms with Crippen molar-refractivity contribution in [2.75, 3.05) is 12.4 Å². The van der Waals surface area contributed by atoms with Crippen molar-refractivity contribution in [3.05, 3.63) is 29.6 Å². The smallest absolute Gasteiger partial charge is 0.251 e. The molecule has 0 spiro atoms. The second-order valence-corrected chi connectivity index (χ2v) is 5.13. The third-order valence-electron chi connectivity index (χ3n) is 3.36. The van der Waals surface area contributed by atoms with Gasteiger partial charge in [-0.3, -0.25) is 4.79 Å². The van der Waals surface area contributed by atoms with Gasteiger partial charge in [0.1, 0.15) is 0 Å². The summed E-state index contributed by atoms with van der Waals surface area (Å²) in [5.74, 6) is -0.618. The van der Waals surface area contributed by atoms with Crippen molar-refractivity contribution in [2.45, 2.75) is 24.8 Å². The molecule has 2 rings (SSSR count).